The molecule has 0 radical (unpaired) electrons. The van der Waals surface area contributed by atoms with Crippen LogP contribution in [0.5, 0.6) is 5.75 Å². The van der Waals surface area contributed by atoms with Gasteiger partial charge < -0.3 is 19.7 Å². The normalized spacial score (nSPS) is 12.2. The minimum Gasteiger partial charge on any atom is -0.491 e. The van der Waals surface area contributed by atoms with E-state index >= 15 is 0 Å². The maximum atomic E-state index is 13.0. The molecule has 1 unspecified atom stereocenters. The number of anilines is 2. The van der Waals surface area contributed by atoms with E-state index < -0.39 is 17.4 Å². The summed E-state index contributed by atoms with van der Waals surface area (Å²) in [6, 6.07) is 15.3. The standard InChI is InChI=1S/C24H27N5O4/c1-15-8-7-10-17(12-15)25-23-26-21-20(22(31)28(4)24(32)27(21)3)29(23)13-18(30)14-33-19-11-6-5-9-16(19)2/h5-12,18,30H,13-14H2,1-4H3,(H,25,26). The van der Waals surface area contributed by atoms with E-state index in [1.54, 1.807) is 11.6 Å². The van der Waals surface area contributed by atoms with Crippen LogP contribution >= 0.6 is 0 Å². The van der Waals surface area contributed by atoms with Crippen molar-refractivity contribution in [3.63, 3.8) is 0 Å². The average Bonchev–Trinajstić information content (AvgIpc) is 3.13. The molecule has 33 heavy (non-hydrogen) atoms. The topological polar surface area (TPSA) is 103 Å². The van der Waals surface area contributed by atoms with Crippen molar-refractivity contribution in [2.45, 2.75) is 26.5 Å². The molecular formula is C24H27N5O4. The molecular weight excluding hydrogens is 422 g/mol. The van der Waals surface area contributed by atoms with Crippen LogP contribution in [0, 0.1) is 13.8 Å². The lowest BCUT2D eigenvalue weighted by Crippen LogP contribution is -2.38. The van der Waals surface area contributed by atoms with Crippen molar-refractivity contribution < 1.29 is 9.84 Å². The number of rotatable bonds is 7. The Balaban J connectivity index is 1.73. The molecule has 2 heterocycles. The maximum absolute atomic E-state index is 13.0. The van der Waals surface area contributed by atoms with E-state index in [4.69, 9.17) is 4.74 Å². The van der Waals surface area contributed by atoms with E-state index in [9.17, 15) is 14.7 Å². The summed E-state index contributed by atoms with van der Waals surface area (Å²) in [4.78, 5) is 30.0. The second-order valence-electron chi connectivity index (χ2n) is 8.15. The third-order valence-corrected chi connectivity index (χ3v) is 5.54. The molecule has 0 aliphatic heterocycles. The first-order chi connectivity index (χ1) is 15.8. The van der Waals surface area contributed by atoms with Crippen molar-refractivity contribution in [2.24, 2.45) is 14.1 Å². The van der Waals surface area contributed by atoms with Gasteiger partial charge in [0.1, 0.15) is 18.5 Å². The second kappa shape index (κ2) is 8.95. The van der Waals surface area contributed by atoms with Gasteiger partial charge in [0.15, 0.2) is 11.2 Å². The lowest BCUT2D eigenvalue weighted by atomic mass is 10.2. The van der Waals surface area contributed by atoms with Crippen molar-refractivity contribution in [1.82, 2.24) is 18.7 Å². The number of fused-ring (bicyclic) bond motifs is 1. The van der Waals surface area contributed by atoms with Gasteiger partial charge in [-0.15, -0.1) is 0 Å². The van der Waals surface area contributed by atoms with E-state index in [1.807, 2.05) is 62.4 Å². The average molecular weight is 450 g/mol. The quantitative estimate of drug-likeness (QED) is 0.449. The molecule has 2 aromatic heterocycles. The zero-order chi connectivity index (χ0) is 23.7. The number of aliphatic hydroxyl groups is 1. The summed E-state index contributed by atoms with van der Waals surface area (Å²) >= 11 is 0. The number of hydrogen-bond acceptors (Lipinski definition) is 6. The highest BCUT2D eigenvalue weighted by Gasteiger charge is 2.21. The molecule has 1 atom stereocenters. The molecule has 0 amide bonds. The Hall–Kier alpha value is -3.85. The van der Waals surface area contributed by atoms with E-state index in [2.05, 4.69) is 10.3 Å². The molecule has 2 aromatic carbocycles. The third-order valence-electron chi connectivity index (χ3n) is 5.54. The van der Waals surface area contributed by atoms with Gasteiger partial charge in [0.25, 0.3) is 5.56 Å². The van der Waals surface area contributed by atoms with E-state index in [0.29, 0.717) is 11.7 Å². The van der Waals surface area contributed by atoms with Crippen LogP contribution < -0.4 is 21.3 Å². The maximum Gasteiger partial charge on any atom is 0.332 e. The molecule has 9 heteroatoms. The minimum absolute atomic E-state index is 0.0283. The van der Waals surface area contributed by atoms with Crippen LogP contribution in [0.25, 0.3) is 11.2 Å². The molecule has 172 valence electrons. The number of nitrogens with zero attached hydrogens (tertiary/aromatic N) is 4. The number of benzene rings is 2. The summed E-state index contributed by atoms with van der Waals surface area (Å²) in [5.74, 6) is 1.03. The number of hydrogen-bond donors (Lipinski definition) is 2. The van der Waals surface area contributed by atoms with E-state index in [-0.39, 0.29) is 24.3 Å². The van der Waals surface area contributed by atoms with Crippen molar-refractivity contribution in [1.29, 1.82) is 0 Å². The third kappa shape index (κ3) is 4.40. The number of para-hydroxylation sites is 1. The molecule has 4 rings (SSSR count). The van der Waals surface area contributed by atoms with Crippen LogP contribution in [-0.2, 0) is 20.6 Å². The molecule has 0 aliphatic carbocycles. The predicted molar refractivity (Wildman–Crippen MR) is 127 cm³/mol. The Morgan fingerprint density at radius 3 is 2.55 bits per heavy atom. The van der Waals surface area contributed by atoms with Crippen LogP contribution in [0.3, 0.4) is 0 Å². The van der Waals surface area contributed by atoms with Crippen molar-refractivity contribution >= 4 is 22.8 Å². The van der Waals surface area contributed by atoms with Crippen molar-refractivity contribution in [2.75, 3.05) is 11.9 Å². The summed E-state index contributed by atoms with van der Waals surface area (Å²) in [7, 11) is 2.99. The molecule has 0 saturated carbocycles. The van der Waals surface area contributed by atoms with E-state index in [0.717, 1.165) is 21.4 Å². The molecule has 0 bridgehead atoms. The van der Waals surface area contributed by atoms with Crippen LogP contribution in [0.1, 0.15) is 11.1 Å². The summed E-state index contributed by atoms with van der Waals surface area (Å²) < 4.78 is 9.75. The van der Waals surface area contributed by atoms with Gasteiger partial charge in [0.05, 0.1) is 6.54 Å². The van der Waals surface area contributed by atoms with Gasteiger partial charge >= 0.3 is 5.69 Å². The number of aromatic nitrogens is 4. The number of aliphatic hydroxyl groups excluding tert-OH is 1. The Morgan fingerprint density at radius 1 is 1.06 bits per heavy atom. The SMILES string of the molecule is Cc1cccc(Nc2nc3c(c(=O)n(C)c(=O)n3C)n2CC(O)COc2ccccc2C)c1. The summed E-state index contributed by atoms with van der Waals surface area (Å²) in [6.45, 7) is 3.98. The molecule has 0 aliphatic rings. The molecule has 4 aromatic rings. The first kappa shape index (κ1) is 22.3. The van der Waals surface area contributed by atoms with Gasteiger partial charge in [-0.25, -0.2) is 4.79 Å². The van der Waals surface area contributed by atoms with Crippen molar-refractivity contribution in [3.05, 3.63) is 80.5 Å². The van der Waals surface area contributed by atoms with E-state index in [1.165, 1.54) is 11.6 Å². The summed E-state index contributed by atoms with van der Waals surface area (Å²) in [5, 5.41) is 14.0. The van der Waals surface area contributed by atoms with Gasteiger partial charge in [-0.3, -0.25) is 13.9 Å². The fourth-order valence-electron chi connectivity index (χ4n) is 3.74. The first-order valence-corrected chi connectivity index (χ1v) is 10.6. The number of aryl methyl sites for hydroxylation is 3. The first-order valence-electron chi connectivity index (χ1n) is 10.6. The van der Waals surface area contributed by atoms with Gasteiger partial charge in [0, 0.05) is 19.8 Å². The zero-order valence-corrected chi connectivity index (χ0v) is 19.1. The van der Waals surface area contributed by atoms with Crippen molar-refractivity contribution in [3.8, 4) is 5.75 Å². The molecule has 9 nitrogen and oxygen atoms in total. The Morgan fingerprint density at radius 2 is 1.82 bits per heavy atom. The second-order valence-corrected chi connectivity index (χ2v) is 8.15. The Bertz CT molecular complexity index is 1430. The highest BCUT2D eigenvalue weighted by molar-refractivity contribution is 5.75. The summed E-state index contributed by atoms with van der Waals surface area (Å²) in [6.07, 6.45) is -0.929. The van der Waals surface area contributed by atoms with Crippen LogP contribution in [0.2, 0.25) is 0 Å². The molecule has 0 fully saturated rings. The Kier molecular flexibility index (Phi) is 6.06. The van der Waals surface area contributed by atoms with Crippen LogP contribution in [0.4, 0.5) is 11.6 Å². The van der Waals surface area contributed by atoms with Gasteiger partial charge in [-0.1, -0.05) is 30.3 Å². The molecule has 2 N–H and O–H groups in total. The van der Waals surface area contributed by atoms with Gasteiger partial charge in [-0.2, -0.15) is 4.98 Å². The van der Waals surface area contributed by atoms with Crippen LogP contribution in [0.15, 0.2) is 58.1 Å². The smallest absolute Gasteiger partial charge is 0.332 e. The predicted octanol–water partition coefficient (Wildman–Crippen LogP) is 2.23. The lowest BCUT2D eigenvalue weighted by molar-refractivity contribution is 0.0935. The zero-order valence-electron chi connectivity index (χ0n) is 19.1. The summed E-state index contributed by atoms with van der Waals surface area (Å²) in [5.41, 5.74) is 2.31. The molecule has 0 spiro atoms. The minimum atomic E-state index is -0.929. The largest absolute Gasteiger partial charge is 0.491 e. The Labute approximate surface area is 190 Å². The van der Waals surface area contributed by atoms with Gasteiger partial charge in [0.2, 0.25) is 5.95 Å². The highest BCUT2D eigenvalue weighted by Crippen LogP contribution is 2.22. The van der Waals surface area contributed by atoms with Gasteiger partial charge in [-0.05, 0) is 43.2 Å². The fraction of sp³-hybridized carbons (Fsp3) is 0.292. The number of imidazole rings is 1. The number of ether oxygens (including phenoxy) is 1. The monoisotopic (exact) mass is 449 g/mol. The fourth-order valence-corrected chi connectivity index (χ4v) is 3.74. The molecule has 0 saturated heterocycles. The van der Waals surface area contributed by atoms with Crippen LogP contribution in [-0.4, -0.2) is 36.5 Å². The number of nitrogens with one attached hydrogen (secondary N) is 1. The highest BCUT2D eigenvalue weighted by atomic mass is 16.5. The lowest BCUT2D eigenvalue weighted by Gasteiger charge is -2.17.